The molecule has 0 saturated carbocycles. The van der Waals surface area contributed by atoms with Crippen LogP contribution in [0.3, 0.4) is 0 Å². The number of carbonyl (C=O) groups excluding carboxylic acids is 4. The lowest BCUT2D eigenvalue weighted by molar-refractivity contribution is -0.140. The summed E-state index contributed by atoms with van der Waals surface area (Å²) < 4.78 is 0. The standard InChI is InChI=1S/C18H31N5O7/c1-9(2)14(19)18(30)23-6-4-5-11(23)16(28)20-7-12(25)22-15(10(3)24)17(29)21-8-13(26)27/h9-11,14-15,24H,4-8,19H2,1-3H3,(H,20,28)(H,21,29)(H,22,25)(H,26,27)/t10-,11+,14+,15+/m1/s1. The van der Waals surface area contributed by atoms with Crippen molar-refractivity contribution >= 4 is 29.6 Å². The average molecular weight is 429 g/mol. The molecule has 7 N–H and O–H groups in total. The number of aliphatic hydroxyl groups excluding tert-OH is 1. The van der Waals surface area contributed by atoms with Crippen molar-refractivity contribution < 1.29 is 34.2 Å². The summed E-state index contributed by atoms with van der Waals surface area (Å²) in [6, 6.07) is -2.85. The summed E-state index contributed by atoms with van der Waals surface area (Å²) in [7, 11) is 0. The predicted octanol–water partition coefficient (Wildman–Crippen LogP) is -2.86. The van der Waals surface area contributed by atoms with Gasteiger partial charge in [-0.3, -0.25) is 24.0 Å². The second kappa shape index (κ2) is 11.5. The third-order valence-electron chi connectivity index (χ3n) is 4.76. The Hall–Kier alpha value is -2.73. The highest BCUT2D eigenvalue weighted by Gasteiger charge is 2.37. The van der Waals surface area contributed by atoms with Crippen LogP contribution < -0.4 is 21.7 Å². The summed E-state index contributed by atoms with van der Waals surface area (Å²) in [6.07, 6.45) is -0.217. The van der Waals surface area contributed by atoms with Crippen molar-refractivity contribution in [2.75, 3.05) is 19.6 Å². The number of likely N-dealkylation sites (tertiary alicyclic amines) is 1. The Morgan fingerprint density at radius 1 is 1.10 bits per heavy atom. The molecule has 0 aliphatic carbocycles. The Kier molecular flexibility index (Phi) is 9.66. The Morgan fingerprint density at radius 2 is 1.73 bits per heavy atom. The van der Waals surface area contributed by atoms with Gasteiger partial charge in [-0.25, -0.2) is 0 Å². The summed E-state index contributed by atoms with van der Waals surface area (Å²) in [5.74, 6) is -3.83. The number of nitrogens with zero attached hydrogens (tertiary/aromatic N) is 1. The third-order valence-corrected chi connectivity index (χ3v) is 4.76. The first kappa shape index (κ1) is 25.3. The van der Waals surface area contributed by atoms with E-state index < -0.39 is 61.0 Å². The number of rotatable bonds is 10. The van der Waals surface area contributed by atoms with E-state index in [1.165, 1.54) is 11.8 Å². The van der Waals surface area contributed by atoms with E-state index in [2.05, 4.69) is 16.0 Å². The number of carboxylic acids is 1. The molecule has 0 spiro atoms. The van der Waals surface area contributed by atoms with Gasteiger partial charge in [0.15, 0.2) is 0 Å². The summed E-state index contributed by atoms with van der Waals surface area (Å²) in [5.41, 5.74) is 5.89. The second-order valence-corrected chi connectivity index (χ2v) is 7.57. The van der Waals surface area contributed by atoms with Gasteiger partial charge in [0.05, 0.1) is 18.7 Å². The number of carboxylic acid groups (broad SMARTS) is 1. The molecule has 12 heteroatoms. The van der Waals surface area contributed by atoms with Crippen LogP contribution in [0.25, 0.3) is 0 Å². The van der Waals surface area contributed by atoms with Crippen LogP contribution in [0.1, 0.15) is 33.6 Å². The van der Waals surface area contributed by atoms with Crippen LogP contribution in [0.15, 0.2) is 0 Å². The third kappa shape index (κ3) is 7.26. The zero-order valence-electron chi connectivity index (χ0n) is 17.4. The molecule has 0 aromatic carbocycles. The number of carbonyl (C=O) groups is 5. The van der Waals surface area contributed by atoms with Gasteiger partial charge in [0.1, 0.15) is 18.6 Å². The number of hydrogen-bond donors (Lipinski definition) is 6. The van der Waals surface area contributed by atoms with Crippen molar-refractivity contribution in [3.63, 3.8) is 0 Å². The van der Waals surface area contributed by atoms with E-state index in [-0.39, 0.29) is 11.8 Å². The summed E-state index contributed by atoms with van der Waals surface area (Å²) >= 11 is 0. The molecule has 1 aliphatic heterocycles. The number of aliphatic hydroxyl groups is 1. The molecular weight excluding hydrogens is 398 g/mol. The molecule has 0 radical (unpaired) electrons. The molecular formula is C18H31N5O7. The van der Waals surface area contributed by atoms with Crippen molar-refractivity contribution in [2.45, 2.75) is 57.8 Å². The molecule has 4 amide bonds. The smallest absolute Gasteiger partial charge is 0.322 e. The summed E-state index contributed by atoms with van der Waals surface area (Å²) in [5, 5.41) is 25.0. The topological polar surface area (TPSA) is 191 Å². The van der Waals surface area contributed by atoms with Gasteiger partial charge in [-0.2, -0.15) is 0 Å². The van der Waals surface area contributed by atoms with E-state index in [1.54, 1.807) is 0 Å². The van der Waals surface area contributed by atoms with Crippen LogP contribution >= 0.6 is 0 Å². The van der Waals surface area contributed by atoms with E-state index >= 15 is 0 Å². The fourth-order valence-electron chi connectivity index (χ4n) is 2.97. The first-order valence-electron chi connectivity index (χ1n) is 9.76. The lowest BCUT2D eigenvalue weighted by atomic mass is 10.0. The maximum Gasteiger partial charge on any atom is 0.322 e. The molecule has 170 valence electrons. The van der Waals surface area contributed by atoms with Crippen LogP contribution in [0.2, 0.25) is 0 Å². The minimum absolute atomic E-state index is 0.0859. The first-order chi connectivity index (χ1) is 14.0. The second-order valence-electron chi connectivity index (χ2n) is 7.57. The van der Waals surface area contributed by atoms with Gasteiger partial charge in [0.2, 0.25) is 23.6 Å². The molecule has 1 fully saturated rings. The van der Waals surface area contributed by atoms with E-state index in [4.69, 9.17) is 10.8 Å². The number of hydrogen-bond acceptors (Lipinski definition) is 7. The summed E-state index contributed by atoms with van der Waals surface area (Å²) in [6.45, 7) is 4.12. The molecule has 4 atom stereocenters. The maximum atomic E-state index is 12.5. The molecule has 0 bridgehead atoms. The fraction of sp³-hybridized carbons (Fsp3) is 0.722. The molecule has 0 aromatic rings. The highest BCUT2D eigenvalue weighted by molar-refractivity contribution is 5.94. The lowest BCUT2D eigenvalue weighted by Crippen LogP contribution is -2.56. The van der Waals surface area contributed by atoms with Gasteiger partial charge in [-0.1, -0.05) is 13.8 Å². The highest BCUT2D eigenvalue weighted by atomic mass is 16.4. The van der Waals surface area contributed by atoms with Crippen molar-refractivity contribution in [2.24, 2.45) is 11.7 Å². The number of nitrogens with one attached hydrogen (secondary N) is 3. The van der Waals surface area contributed by atoms with Crippen molar-refractivity contribution in [3.05, 3.63) is 0 Å². The Labute approximate surface area is 174 Å². The normalized spacial score (nSPS) is 19.0. The number of aliphatic carboxylic acids is 1. The minimum Gasteiger partial charge on any atom is -0.480 e. The molecule has 30 heavy (non-hydrogen) atoms. The molecule has 0 aromatic heterocycles. The lowest BCUT2D eigenvalue weighted by Gasteiger charge is -2.28. The monoisotopic (exact) mass is 429 g/mol. The fourth-order valence-corrected chi connectivity index (χ4v) is 2.97. The predicted molar refractivity (Wildman–Crippen MR) is 105 cm³/mol. The van der Waals surface area contributed by atoms with Crippen LogP contribution in [0.4, 0.5) is 0 Å². The van der Waals surface area contributed by atoms with E-state index in [1.807, 2.05) is 13.8 Å². The molecule has 1 aliphatic rings. The van der Waals surface area contributed by atoms with Crippen LogP contribution in [0, 0.1) is 5.92 Å². The Bertz CT molecular complexity index is 667. The quantitative estimate of drug-likeness (QED) is 0.214. The maximum absolute atomic E-state index is 12.5. The number of amides is 4. The van der Waals surface area contributed by atoms with Crippen molar-refractivity contribution in [3.8, 4) is 0 Å². The molecule has 1 rings (SSSR count). The SMILES string of the molecule is CC(C)[C@H](N)C(=O)N1CCC[C@H]1C(=O)NCC(=O)N[C@H](C(=O)NCC(=O)O)[C@@H](C)O. The zero-order chi connectivity index (χ0) is 23.0. The average Bonchev–Trinajstić information content (AvgIpc) is 3.16. The molecule has 1 heterocycles. The minimum atomic E-state index is -1.39. The van der Waals surface area contributed by atoms with Gasteiger partial charge < -0.3 is 36.8 Å². The Balaban J connectivity index is 2.61. The molecule has 1 saturated heterocycles. The van der Waals surface area contributed by atoms with E-state index in [0.29, 0.717) is 19.4 Å². The molecule has 0 unspecified atom stereocenters. The van der Waals surface area contributed by atoms with E-state index in [0.717, 1.165) is 0 Å². The zero-order valence-corrected chi connectivity index (χ0v) is 17.4. The summed E-state index contributed by atoms with van der Waals surface area (Å²) in [4.78, 5) is 60.9. The van der Waals surface area contributed by atoms with Crippen molar-refractivity contribution in [1.29, 1.82) is 0 Å². The highest BCUT2D eigenvalue weighted by Crippen LogP contribution is 2.19. The van der Waals surface area contributed by atoms with Crippen LogP contribution in [-0.4, -0.2) is 88.6 Å². The molecule has 12 nitrogen and oxygen atoms in total. The van der Waals surface area contributed by atoms with Gasteiger partial charge in [0.25, 0.3) is 0 Å². The number of nitrogens with two attached hydrogens (primary N) is 1. The van der Waals surface area contributed by atoms with Gasteiger partial charge in [0, 0.05) is 6.54 Å². The largest absolute Gasteiger partial charge is 0.480 e. The van der Waals surface area contributed by atoms with Crippen LogP contribution in [0.5, 0.6) is 0 Å². The first-order valence-corrected chi connectivity index (χ1v) is 9.76. The van der Waals surface area contributed by atoms with E-state index in [9.17, 15) is 29.1 Å². The Morgan fingerprint density at radius 3 is 2.27 bits per heavy atom. The van der Waals surface area contributed by atoms with Gasteiger partial charge in [-0.05, 0) is 25.7 Å². The van der Waals surface area contributed by atoms with Gasteiger partial charge >= 0.3 is 5.97 Å². The van der Waals surface area contributed by atoms with Crippen molar-refractivity contribution in [1.82, 2.24) is 20.9 Å². The van der Waals surface area contributed by atoms with Crippen LogP contribution in [-0.2, 0) is 24.0 Å². The van der Waals surface area contributed by atoms with Gasteiger partial charge in [-0.15, -0.1) is 0 Å².